The van der Waals surface area contributed by atoms with Gasteiger partial charge in [0.15, 0.2) is 5.82 Å². The Hall–Kier alpha value is 0.0600. The first kappa shape index (κ1) is 16.1. The highest BCUT2D eigenvalue weighted by molar-refractivity contribution is 14.1. The van der Waals surface area contributed by atoms with Gasteiger partial charge in [0.2, 0.25) is 0 Å². The predicted molar refractivity (Wildman–Crippen MR) is 83.1 cm³/mol. The second-order valence-corrected chi connectivity index (χ2v) is 5.90. The van der Waals surface area contributed by atoms with E-state index in [0.717, 1.165) is 22.1 Å². The highest BCUT2D eigenvalue weighted by Gasteiger charge is 2.19. The van der Waals surface area contributed by atoms with Gasteiger partial charge in [-0.3, -0.25) is 0 Å². The molecule has 0 saturated heterocycles. The van der Waals surface area contributed by atoms with Crippen LogP contribution in [-0.2, 0) is 4.74 Å². The van der Waals surface area contributed by atoms with Gasteiger partial charge in [0, 0.05) is 6.61 Å². The molecule has 0 N–H and O–H groups in total. The predicted octanol–water partition coefficient (Wildman–Crippen LogP) is 4.74. The SMILES string of the molecule is CCCC(OCC)c1nc(Cl)c(I)c(C(C)C)n1. The number of halogens is 2. The first-order valence-corrected chi connectivity index (χ1v) is 7.81. The molecule has 0 spiro atoms. The fourth-order valence-electron chi connectivity index (χ4n) is 1.73. The fraction of sp³-hybridized carbons (Fsp3) is 0.692. The van der Waals surface area contributed by atoms with Gasteiger partial charge in [-0.15, -0.1) is 0 Å². The maximum Gasteiger partial charge on any atom is 0.159 e. The van der Waals surface area contributed by atoms with E-state index in [1.165, 1.54) is 0 Å². The van der Waals surface area contributed by atoms with Crippen LogP contribution in [0.25, 0.3) is 0 Å². The lowest BCUT2D eigenvalue weighted by molar-refractivity contribution is 0.0491. The summed E-state index contributed by atoms with van der Waals surface area (Å²) in [6.07, 6.45) is 1.91. The van der Waals surface area contributed by atoms with Gasteiger partial charge in [0.05, 0.1) is 9.26 Å². The lowest BCUT2D eigenvalue weighted by Crippen LogP contribution is -2.12. The van der Waals surface area contributed by atoms with E-state index in [4.69, 9.17) is 16.3 Å². The molecule has 0 aliphatic heterocycles. The summed E-state index contributed by atoms with van der Waals surface area (Å²) in [7, 11) is 0. The zero-order valence-electron chi connectivity index (χ0n) is 11.3. The summed E-state index contributed by atoms with van der Waals surface area (Å²) >= 11 is 8.40. The summed E-state index contributed by atoms with van der Waals surface area (Å²) in [4.78, 5) is 9.02. The van der Waals surface area contributed by atoms with Crippen LogP contribution < -0.4 is 0 Å². The molecule has 1 unspecified atom stereocenters. The molecule has 3 nitrogen and oxygen atoms in total. The Morgan fingerprint density at radius 1 is 1.28 bits per heavy atom. The van der Waals surface area contributed by atoms with Crippen LogP contribution in [0.1, 0.15) is 64.1 Å². The van der Waals surface area contributed by atoms with Crippen molar-refractivity contribution in [1.82, 2.24) is 9.97 Å². The van der Waals surface area contributed by atoms with Gasteiger partial charge >= 0.3 is 0 Å². The molecule has 0 aliphatic rings. The molecule has 0 saturated carbocycles. The standard InChI is InChI=1S/C13H20ClIN2O/c1-5-7-9(18-6-2)13-16-11(8(3)4)10(15)12(14)17-13/h8-9H,5-7H2,1-4H3. The van der Waals surface area contributed by atoms with Gasteiger partial charge in [0.1, 0.15) is 11.3 Å². The normalized spacial score (nSPS) is 13.1. The van der Waals surface area contributed by atoms with E-state index in [1.807, 2.05) is 6.92 Å². The summed E-state index contributed by atoms with van der Waals surface area (Å²) < 4.78 is 6.66. The third-order valence-electron chi connectivity index (χ3n) is 2.61. The summed E-state index contributed by atoms with van der Waals surface area (Å²) in [5.74, 6) is 1.05. The number of nitrogens with zero attached hydrogens (tertiary/aromatic N) is 2. The van der Waals surface area contributed by atoms with Crippen LogP contribution in [0.4, 0.5) is 0 Å². The maximum atomic E-state index is 6.19. The largest absolute Gasteiger partial charge is 0.371 e. The van der Waals surface area contributed by atoms with Crippen LogP contribution in [0.2, 0.25) is 5.15 Å². The lowest BCUT2D eigenvalue weighted by Gasteiger charge is -2.17. The average molecular weight is 383 g/mol. The van der Waals surface area contributed by atoms with Crippen molar-refractivity contribution in [2.45, 2.75) is 52.6 Å². The van der Waals surface area contributed by atoms with Gasteiger partial charge in [-0.2, -0.15) is 0 Å². The fourth-order valence-corrected chi connectivity index (χ4v) is 2.78. The summed E-state index contributed by atoms with van der Waals surface area (Å²) in [6.45, 7) is 9.00. The van der Waals surface area contributed by atoms with Gasteiger partial charge < -0.3 is 4.74 Å². The Kier molecular flexibility index (Phi) is 6.81. The lowest BCUT2D eigenvalue weighted by atomic mass is 10.1. The molecule has 0 bridgehead atoms. The molecule has 1 heterocycles. The second-order valence-electron chi connectivity index (χ2n) is 4.46. The molecule has 0 fully saturated rings. The Morgan fingerprint density at radius 3 is 2.44 bits per heavy atom. The van der Waals surface area contributed by atoms with E-state index >= 15 is 0 Å². The Labute approximate surface area is 128 Å². The molecule has 0 radical (unpaired) electrons. The number of rotatable bonds is 6. The van der Waals surface area contributed by atoms with Crippen molar-refractivity contribution in [1.29, 1.82) is 0 Å². The van der Waals surface area contributed by atoms with E-state index < -0.39 is 0 Å². The van der Waals surface area contributed by atoms with Crippen molar-refractivity contribution in [3.63, 3.8) is 0 Å². The molecule has 0 aliphatic carbocycles. The van der Waals surface area contributed by atoms with Crippen LogP contribution in [-0.4, -0.2) is 16.6 Å². The third-order valence-corrected chi connectivity index (χ3v) is 4.26. The summed E-state index contributed by atoms with van der Waals surface area (Å²) in [5, 5.41) is 0.533. The van der Waals surface area contributed by atoms with Gasteiger partial charge in [-0.25, -0.2) is 9.97 Å². The maximum absolute atomic E-state index is 6.19. The van der Waals surface area contributed by atoms with Crippen molar-refractivity contribution >= 4 is 34.2 Å². The third kappa shape index (κ3) is 4.03. The Bertz CT molecular complexity index is 393. The molecule has 5 heteroatoms. The van der Waals surface area contributed by atoms with Crippen molar-refractivity contribution in [3.8, 4) is 0 Å². The minimum absolute atomic E-state index is 0.0491. The van der Waals surface area contributed by atoms with E-state index in [9.17, 15) is 0 Å². The van der Waals surface area contributed by atoms with Crippen LogP contribution in [0.15, 0.2) is 0 Å². The van der Waals surface area contributed by atoms with Crippen molar-refractivity contribution in [2.24, 2.45) is 0 Å². The first-order chi connectivity index (χ1) is 8.51. The number of hydrogen-bond acceptors (Lipinski definition) is 3. The average Bonchev–Trinajstić information content (AvgIpc) is 2.32. The molecule has 1 atom stereocenters. The Morgan fingerprint density at radius 2 is 1.94 bits per heavy atom. The molecule has 0 amide bonds. The Balaban J connectivity index is 3.14. The van der Waals surface area contributed by atoms with Crippen LogP contribution >= 0.6 is 34.2 Å². The zero-order valence-corrected chi connectivity index (χ0v) is 14.2. The number of ether oxygens (including phenoxy) is 1. The topological polar surface area (TPSA) is 35.0 Å². The van der Waals surface area contributed by atoms with E-state index in [0.29, 0.717) is 23.5 Å². The summed E-state index contributed by atoms with van der Waals surface area (Å²) in [6, 6.07) is 0. The molecular formula is C13H20ClIN2O. The number of hydrogen-bond donors (Lipinski definition) is 0. The molecule has 18 heavy (non-hydrogen) atoms. The molecule has 1 aromatic heterocycles. The first-order valence-electron chi connectivity index (χ1n) is 6.35. The molecular weight excluding hydrogens is 363 g/mol. The van der Waals surface area contributed by atoms with E-state index in [-0.39, 0.29) is 6.10 Å². The van der Waals surface area contributed by atoms with Crippen LogP contribution in [0.3, 0.4) is 0 Å². The quantitative estimate of drug-likeness (QED) is 0.527. The van der Waals surface area contributed by atoms with Crippen molar-refractivity contribution in [3.05, 3.63) is 20.2 Å². The van der Waals surface area contributed by atoms with Crippen LogP contribution in [0.5, 0.6) is 0 Å². The molecule has 102 valence electrons. The molecule has 1 aromatic rings. The smallest absolute Gasteiger partial charge is 0.159 e. The number of aromatic nitrogens is 2. The van der Waals surface area contributed by atoms with Gasteiger partial charge in [-0.05, 0) is 41.9 Å². The van der Waals surface area contributed by atoms with Crippen molar-refractivity contribution in [2.75, 3.05) is 6.61 Å². The highest BCUT2D eigenvalue weighted by atomic mass is 127. The van der Waals surface area contributed by atoms with Gasteiger partial charge in [0.25, 0.3) is 0 Å². The van der Waals surface area contributed by atoms with Gasteiger partial charge in [-0.1, -0.05) is 38.8 Å². The van der Waals surface area contributed by atoms with Crippen molar-refractivity contribution < 1.29 is 4.74 Å². The minimum atomic E-state index is -0.0491. The van der Waals surface area contributed by atoms with E-state index in [1.54, 1.807) is 0 Å². The van der Waals surface area contributed by atoms with Crippen LogP contribution in [0, 0.1) is 3.57 Å². The second kappa shape index (κ2) is 7.60. The summed E-state index contributed by atoms with van der Waals surface area (Å²) in [5.41, 5.74) is 1.01. The van der Waals surface area contributed by atoms with E-state index in [2.05, 4.69) is 53.3 Å². The zero-order chi connectivity index (χ0) is 13.7. The minimum Gasteiger partial charge on any atom is -0.371 e. The molecule has 1 rings (SSSR count). The highest BCUT2D eigenvalue weighted by Crippen LogP contribution is 2.28. The monoisotopic (exact) mass is 382 g/mol. The molecule has 0 aromatic carbocycles.